The van der Waals surface area contributed by atoms with Gasteiger partial charge in [-0.3, -0.25) is 0 Å². The number of alkyl halides is 1. The first-order valence-corrected chi connectivity index (χ1v) is 7.71. The predicted molar refractivity (Wildman–Crippen MR) is 79.5 cm³/mol. The standard InChI is InChI=1S/C14H22BrN3/c1-10(15)8-13-6-4-5-7-18(13)14-16-11(2)9-12(3)17-14/h9-10,13H,4-8H2,1-3H3. The normalized spacial score (nSPS) is 22.0. The Kier molecular flexibility index (Phi) is 4.60. The molecule has 1 saturated heterocycles. The molecule has 2 heterocycles. The molecule has 0 aromatic carbocycles. The van der Waals surface area contributed by atoms with Crippen LogP contribution in [0.5, 0.6) is 0 Å². The Bertz CT molecular complexity index is 386. The van der Waals surface area contributed by atoms with Crippen molar-refractivity contribution in [3.05, 3.63) is 17.5 Å². The second-order valence-electron chi connectivity index (χ2n) is 5.31. The van der Waals surface area contributed by atoms with Gasteiger partial charge in [-0.15, -0.1) is 0 Å². The molecule has 1 aromatic heterocycles. The molecule has 2 rings (SSSR count). The van der Waals surface area contributed by atoms with Crippen molar-refractivity contribution in [3.63, 3.8) is 0 Å². The van der Waals surface area contributed by atoms with E-state index in [-0.39, 0.29) is 0 Å². The average Bonchev–Trinajstić information content (AvgIpc) is 2.27. The Morgan fingerprint density at radius 1 is 1.33 bits per heavy atom. The fourth-order valence-electron chi connectivity index (χ4n) is 2.72. The summed E-state index contributed by atoms with van der Waals surface area (Å²) in [7, 11) is 0. The summed E-state index contributed by atoms with van der Waals surface area (Å²) >= 11 is 3.67. The van der Waals surface area contributed by atoms with Crippen molar-refractivity contribution in [2.75, 3.05) is 11.4 Å². The lowest BCUT2D eigenvalue weighted by atomic mass is 9.98. The molecule has 1 aromatic rings. The fourth-order valence-corrected chi connectivity index (χ4v) is 3.15. The number of anilines is 1. The zero-order chi connectivity index (χ0) is 13.1. The summed E-state index contributed by atoms with van der Waals surface area (Å²) in [6, 6.07) is 2.62. The maximum Gasteiger partial charge on any atom is 0.226 e. The Hall–Kier alpha value is -0.640. The van der Waals surface area contributed by atoms with Crippen LogP contribution in [-0.4, -0.2) is 27.4 Å². The van der Waals surface area contributed by atoms with Crippen LogP contribution in [0.3, 0.4) is 0 Å². The molecule has 0 bridgehead atoms. The maximum absolute atomic E-state index is 4.61. The third-order valence-electron chi connectivity index (χ3n) is 3.45. The van der Waals surface area contributed by atoms with Crippen molar-refractivity contribution < 1.29 is 0 Å². The van der Waals surface area contributed by atoms with E-state index in [4.69, 9.17) is 0 Å². The number of nitrogens with zero attached hydrogens (tertiary/aromatic N) is 3. The number of rotatable bonds is 3. The summed E-state index contributed by atoms with van der Waals surface area (Å²) in [5.41, 5.74) is 2.13. The van der Waals surface area contributed by atoms with E-state index in [1.807, 2.05) is 19.9 Å². The van der Waals surface area contributed by atoms with Crippen LogP contribution in [0.15, 0.2) is 6.07 Å². The third kappa shape index (κ3) is 3.44. The van der Waals surface area contributed by atoms with Crippen LogP contribution >= 0.6 is 15.9 Å². The van der Waals surface area contributed by atoms with Crippen LogP contribution in [0.1, 0.15) is 44.0 Å². The van der Waals surface area contributed by atoms with Gasteiger partial charge in [-0.1, -0.05) is 22.9 Å². The SMILES string of the molecule is Cc1cc(C)nc(N2CCCCC2CC(C)Br)n1. The summed E-state index contributed by atoms with van der Waals surface area (Å²) in [5, 5.41) is 0. The van der Waals surface area contributed by atoms with Gasteiger partial charge in [-0.05, 0) is 45.6 Å². The van der Waals surface area contributed by atoms with Gasteiger partial charge >= 0.3 is 0 Å². The second-order valence-corrected chi connectivity index (χ2v) is 6.87. The van der Waals surface area contributed by atoms with Gasteiger partial charge in [0.15, 0.2) is 0 Å². The molecule has 1 aliphatic rings. The first-order valence-electron chi connectivity index (χ1n) is 6.79. The van der Waals surface area contributed by atoms with E-state index in [0.29, 0.717) is 10.9 Å². The molecule has 0 saturated carbocycles. The Balaban J connectivity index is 2.21. The predicted octanol–water partition coefficient (Wildman–Crippen LogP) is 3.63. The molecule has 3 nitrogen and oxygen atoms in total. The third-order valence-corrected chi connectivity index (χ3v) is 3.83. The van der Waals surface area contributed by atoms with Crippen molar-refractivity contribution in [3.8, 4) is 0 Å². The molecule has 4 heteroatoms. The van der Waals surface area contributed by atoms with E-state index in [2.05, 4.69) is 37.7 Å². The number of aromatic nitrogens is 2. The Morgan fingerprint density at radius 2 is 2.00 bits per heavy atom. The first kappa shape index (κ1) is 13.8. The van der Waals surface area contributed by atoms with Crippen LogP contribution in [0.4, 0.5) is 5.95 Å². The smallest absolute Gasteiger partial charge is 0.226 e. The molecule has 1 aliphatic heterocycles. The Morgan fingerprint density at radius 3 is 2.61 bits per heavy atom. The second kappa shape index (κ2) is 6.00. The molecule has 2 unspecified atom stereocenters. The van der Waals surface area contributed by atoms with Crippen LogP contribution in [0, 0.1) is 13.8 Å². The first-order chi connectivity index (χ1) is 8.56. The van der Waals surface area contributed by atoms with Crippen molar-refractivity contribution in [2.24, 2.45) is 0 Å². The quantitative estimate of drug-likeness (QED) is 0.798. The van der Waals surface area contributed by atoms with E-state index in [1.54, 1.807) is 0 Å². The fraction of sp³-hybridized carbons (Fsp3) is 0.714. The number of hydrogen-bond donors (Lipinski definition) is 0. The summed E-state index contributed by atoms with van der Waals surface area (Å²) in [6.45, 7) is 7.40. The van der Waals surface area contributed by atoms with E-state index in [9.17, 15) is 0 Å². The number of aryl methyl sites for hydroxylation is 2. The van der Waals surface area contributed by atoms with Crippen LogP contribution in [0.2, 0.25) is 0 Å². The van der Waals surface area contributed by atoms with Crippen molar-refractivity contribution in [1.82, 2.24) is 9.97 Å². The van der Waals surface area contributed by atoms with Crippen LogP contribution in [-0.2, 0) is 0 Å². The molecule has 100 valence electrons. The van der Waals surface area contributed by atoms with Gasteiger partial charge in [0.1, 0.15) is 0 Å². The molecule has 0 spiro atoms. The highest BCUT2D eigenvalue weighted by atomic mass is 79.9. The molecular weight excluding hydrogens is 290 g/mol. The highest BCUT2D eigenvalue weighted by molar-refractivity contribution is 9.09. The lowest BCUT2D eigenvalue weighted by Crippen LogP contribution is -2.41. The zero-order valence-electron chi connectivity index (χ0n) is 11.5. The molecule has 2 atom stereocenters. The number of piperidine rings is 1. The van der Waals surface area contributed by atoms with E-state index in [0.717, 1.165) is 30.3 Å². The van der Waals surface area contributed by atoms with E-state index < -0.39 is 0 Å². The van der Waals surface area contributed by atoms with Gasteiger partial charge in [0.25, 0.3) is 0 Å². The maximum atomic E-state index is 4.61. The number of halogens is 1. The van der Waals surface area contributed by atoms with Gasteiger partial charge < -0.3 is 4.90 Å². The van der Waals surface area contributed by atoms with Gasteiger partial charge in [0, 0.05) is 28.8 Å². The minimum atomic E-state index is 0.550. The number of hydrogen-bond acceptors (Lipinski definition) is 3. The monoisotopic (exact) mass is 311 g/mol. The topological polar surface area (TPSA) is 29.0 Å². The van der Waals surface area contributed by atoms with Crippen LogP contribution < -0.4 is 4.90 Å². The summed E-state index contributed by atoms with van der Waals surface area (Å²) in [4.78, 5) is 12.2. The summed E-state index contributed by atoms with van der Waals surface area (Å²) in [5.74, 6) is 0.922. The Labute approximate surface area is 118 Å². The summed E-state index contributed by atoms with van der Waals surface area (Å²) < 4.78 is 0. The zero-order valence-corrected chi connectivity index (χ0v) is 13.1. The highest BCUT2D eigenvalue weighted by Gasteiger charge is 2.25. The van der Waals surface area contributed by atoms with E-state index >= 15 is 0 Å². The van der Waals surface area contributed by atoms with Gasteiger partial charge in [0.05, 0.1) is 0 Å². The molecule has 0 amide bonds. The molecule has 0 N–H and O–H groups in total. The van der Waals surface area contributed by atoms with Crippen molar-refractivity contribution in [1.29, 1.82) is 0 Å². The minimum absolute atomic E-state index is 0.550. The van der Waals surface area contributed by atoms with Gasteiger partial charge in [-0.25, -0.2) is 9.97 Å². The molecule has 18 heavy (non-hydrogen) atoms. The molecule has 0 radical (unpaired) electrons. The highest BCUT2D eigenvalue weighted by Crippen LogP contribution is 2.26. The lowest BCUT2D eigenvalue weighted by molar-refractivity contribution is 0.432. The lowest BCUT2D eigenvalue weighted by Gasteiger charge is -2.36. The molecular formula is C14H22BrN3. The van der Waals surface area contributed by atoms with Crippen molar-refractivity contribution >= 4 is 21.9 Å². The molecule has 0 aliphatic carbocycles. The van der Waals surface area contributed by atoms with E-state index in [1.165, 1.54) is 19.3 Å². The summed E-state index contributed by atoms with van der Waals surface area (Å²) in [6.07, 6.45) is 5.00. The largest absolute Gasteiger partial charge is 0.338 e. The minimum Gasteiger partial charge on any atom is -0.338 e. The van der Waals surface area contributed by atoms with Gasteiger partial charge in [0.2, 0.25) is 5.95 Å². The van der Waals surface area contributed by atoms with Crippen LogP contribution in [0.25, 0.3) is 0 Å². The molecule has 1 fully saturated rings. The average molecular weight is 312 g/mol. The van der Waals surface area contributed by atoms with Gasteiger partial charge in [-0.2, -0.15) is 0 Å². The van der Waals surface area contributed by atoms with Crippen molar-refractivity contribution in [2.45, 2.75) is 57.3 Å².